The zero-order valence-corrected chi connectivity index (χ0v) is 11.0. The maximum atomic E-state index is 4.27. The van der Waals surface area contributed by atoms with Gasteiger partial charge in [-0.25, -0.2) is 4.98 Å². The van der Waals surface area contributed by atoms with Gasteiger partial charge in [-0.3, -0.25) is 0 Å². The number of thiophene rings is 1. The summed E-state index contributed by atoms with van der Waals surface area (Å²) < 4.78 is 0. The van der Waals surface area contributed by atoms with Crippen LogP contribution in [0.15, 0.2) is 35.2 Å². The van der Waals surface area contributed by atoms with E-state index in [0.717, 1.165) is 18.9 Å². The zero-order valence-electron chi connectivity index (χ0n) is 10.2. The molecule has 0 aliphatic heterocycles. The van der Waals surface area contributed by atoms with Crippen LogP contribution in [-0.2, 0) is 6.54 Å². The summed E-state index contributed by atoms with van der Waals surface area (Å²) in [6.07, 6.45) is 1.84. The highest BCUT2D eigenvalue weighted by atomic mass is 32.1. The quantitative estimate of drug-likeness (QED) is 0.879. The van der Waals surface area contributed by atoms with Crippen LogP contribution in [0.3, 0.4) is 0 Å². The molecule has 0 unspecified atom stereocenters. The first kappa shape index (κ1) is 11.9. The van der Waals surface area contributed by atoms with Crippen LogP contribution in [0.5, 0.6) is 0 Å². The van der Waals surface area contributed by atoms with Crippen LogP contribution in [0.4, 0.5) is 11.5 Å². The van der Waals surface area contributed by atoms with Crippen LogP contribution in [0.25, 0.3) is 0 Å². The van der Waals surface area contributed by atoms with Gasteiger partial charge in [0.1, 0.15) is 5.82 Å². The number of nitrogens with zero attached hydrogens (tertiary/aromatic N) is 2. The summed E-state index contributed by atoms with van der Waals surface area (Å²) >= 11 is 1.74. The van der Waals surface area contributed by atoms with Gasteiger partial charge in [0.15, 0.2) is 0 Å². The number of hydrogen-bond acceptors (Lipinski definition) is 4. The topological polar surface area (TPSA) is 28.2 Å². The molecule has 90 valence electrons. The molecule has 17 heavy (non-hydrogen) atoms. The van der Waals surface area contributed by atoms with Gasteiger partial charge in [0.2, 0.25) is 0 Å². The Balaban J connectivity index is 2.07. The molecule has 0 radical (unpaired) electrons. The average Bonchev–Trinajstić information content (AvgIpc) is 2.83. The van der Waals surface area contributed by atoms with Crippen molar-refractivity contribution in [1.29, 1.82) is 0 Å². The van der Waals surface area contributed by atoms with Gasteiger partial charge in [-0.15, -0.1) is 0 Å². The number of anilines is 2. The maximum absolute atomic E-state index is 4.27. The van der Waals surface area contributed by atoms with Gasteiger partial charge in [0.25, 0.3) is 0 Å². The molecule has 0 spiro atoms. The van der Waals surface area contributed by atoms with Gasteiger partial charge in [-0.05, 0) is 35.4 Å². The third-order valence-corrected chi connectivity index (χ3v) is 3.27. The summed E-state index contributed by atoms with van der Waals surface area (Å²) in [5.41, 5.74) is 2.53. The first-order valence-electron chi connectivity index (χ1n) is 5.71. The molecule has 0 bridgehead atoms. The highest BCUT2D eigenvalue weighted by molar-refractivity contribution is 7.07. The normalized spacial score (nSPS) is 10.2. The predicted molar refractivity (Wildman–Crippen MR) is 74.8 cm³/mol. The lowest BCUT2D eigenvalue weighted by atomic mass is 10.3. The van der Waals surface area contributed by atoms with Crippen molar-refractivity contribution in [1.82, 2.24) is 4.98 Å². The molecular weight excluding hydrogens is 230 g/mol. The summed E-state index contributed by atoms with van der Waals surface area (Å²) in [7, 11) is 2.10. The fourth-order valence-electron chi connectivity index (χ4n) is 1.68. The van der Waals surface area contributed by atoms with Crippen molar-refractivity contribution in [2.75, 3.05) is 23.8 Å². The van der Waals surface area contributed by atoms with E-state index in [0.29, 0.717) is 0 Å². The molecule has 2 rings (SSSR count). The van der Waals surface area contributed by atoms with E-state index >= 15 is 0 Å². The van der Waals surface area contributed by atoms with Crippen LogP contribution >= 0.6 is 11.3 Å². The molecule has 0 fully saturated rings. The molecule has 2 aromatic heterocycles. The van der Waals surface area contributed by atoms with E-state index in [1.54, 1.807) is 11.3 Å². The molecule has 2 heterocycles. The first-order chi connectivity index (χ1) is 8.29. The zero-order chi connectivity index (χ0) is 12.1. The Morgan fingerprint density at radius 1 is 1.41 bits per heavy atom. The SMILES string of the molecule is CCNc1cc(N(C)Cc2ccsc2)ccn1. The third kappa shape index (κ3) is 3.20. The lowest BCUT2D eigenvalue weighted by molar-refractivity contribution is 0.925. The second kappa shape index (κ2) is 5.68. The van der Waals surface area contributed by atoms with E-state index in [-0.39, 0.29) is 0 Å². The lowest BCUT2D eigenvalue weighted by Crippen LogP contribution is -2.16. The van der Waals surface area contributed by atoms with Crippen molar-refractivity contribution < 1.29 is 0 Å². The van der Waals surface area contributed by atoms with Gasteiger partial charge in [-0.2, -0.15) is 11.3 Å². The minimum Gasteiger partial charge on any atom is -0.370 e. The Morgan fingerprint density at radius 2 is 2.29 bits per heavy atom. The molecule has 4 heteroatoms. The number of pyridine rings is 1. The van der Waals surface area contributed by atoms with E-state index in [1.807, 2.05) is 12.3 Å². The van der Waals surface area contributed by atoms with E-state index in [1.165, 1.54) is 11.3 Å². The minimum absolute atomic E-state index is 0.894. The summed E-state index contributed by atoms with van der Waals surface area (Å²) in [5, 5.41) is 7.52. The van der Waals surface area contributed by atoms with Crippen LogP contribution in [0.2, 0.25) is 0 Å². The maximum Gasteiger partial charge on any atom is 0.127 e. The van der Waals surface area contributed by atoms with E-state index in [9.17, 15) is 0 Å². The summed E-state index contributed by atoms with van der Waals surface area (Å²) in [4.78, 5) is 6.50. The molecule has 0 atom stereocenters. The smallest absolute Gasteiger partial charge is 0.127 e. The van der Waals surface area contributed by atoms with Crippen LogP contribution in [0.1, 0.15) is 12.5 Å². The number of nitrogens with one attached hydrogen (secondary N) is 1. The van der Waals surface area contributed by atoms with Gasteiger partial charge >= 0.3 is 0 Å². The number of rotatable bonds is 5. The monoisotopic (exact) mass is 247 g/mol. The summed E-state index contributed by atoms with van der Waals surface area (Å²) in [5.74, 6) is 0.933. The van der Waals surface area contributed by atoms with E-state index in [4.69, 9.17) is 0 Å². The van der Waals surface area contributed by atoms with Crippen LogP contribution in [0, 0.1) is 0 Å². The van der Waals surface area contributed by atoms with E-state index < -0.39 is 0 Å². The van der Waals surface area contributed by atoms with Gasteiger partial charge < -0.3 is 10.2 Å². The first-order valence-corrected chi connectivity index (χ1v) is 6.66. The molecule has 1 N–H and O–H groups in total. The second-order valence-corrected chi connectivity index (χ2v) is 4.70. The summed E-state index contributed by atoms with van der Waals surface area (Å²) in [6, 6.07) is 6.27. The summed E-state index contributed by atoms with van der Waals surface area (Å²) in [6.45, 7) is 3.90. The third-order valence-electron chi connectivity index (χ3n) is 2.54. The Morgan fingerprint density at radius 3 is 3.00 bits per heavy atom. The van der Waals surface area contributed by atoms with Crippen LogP contribution in [-0.4, -0.2) is 18.6 Å². The molecule has 0 aliphatic rings. The molecule has 0 saturated carbocycles. The van der Waals surface area contributed by atoms with Gasteiger partial charge in [0, 0.05) is 38.1 Å². The molecule has 2 aromatic rings. The van der Waals surface area contributed by atoms with Crippen molar-refractivity contribution in [2.24, 2.45) is 0 Å². The fourth-order valence-corrected chi connectivity index (χ4v) is 2.34. The Bertz CT molecular complexity index is 453. The van der Waals surface area contributed by atoms with Crippen LogP contribution < -0.4 is 10.2 Å². The second-order valence-electron chi connectivity index (χ2n) is 3.92. The molecule has 0 aromatic carbocycles. The highest BCUT2D eigenvalue weighted by Crippen LogP contribution is 2.18. The molecule has 3 nitrogen and oxygen atoms in total. The van der Waals surface area contributed by atoms with Crippen molar-refractivity contribution in [2.45, 2.75) is 13.5 Å². The fraction of sp³-hybridized carbons (Fsp3) is 0.308. The Hall–Kier alpha value is -1.55. The van der Waals surface area contributed by atoms with Crippen molar-refractivity contribution in [3.63, 3.8) is 0 Å². The Labute approximate surface area is 106 Å². The lowest BCUT2D eigenvalue weighted by Gasteiger charge is -2.19. The average molecular weight is 247 g/mol. The molecule has 0 saturated heterocycles. The van der Waals surface area contributed by atoms with Crippen molar-refractivity contribution in [3.8, 4) is 0 Å². The highest BCUT2D eigenvalue weighted by Gasteiger charge is 2.03. The van der Waals surface area contributed by atoms with Gasteiger partial charge in [-0.1, -0.05) is 0 Å². The van der Waals surface area contributed by atoms with E-state index in [2.05, 4.69) is 52.1 Å². The number of aromatic nitrogens is 1. The largest absolute Gasteiger partial charge is 0.370 e. The van der Waals surface area contributed by atoms with Gasteiger partial charge in [0.05, 0.1) is 0 Å². The number of hydrogen-bond donors (Lipinski definition) is 1. The van der Waals surface area contributed by atoms with Crippen molar-refractivity contribution >= 4 is 22.8 Å². The Kier molecular flexibility index (Phi) is 3.98. The molecule has 0 amide bonds. The molecule has 0 aliphatic carbocycles. The van der Waals surface area contributed by atoms with Crippen molar-refractivity contribution in [3.05, 3.63) is 40.7 Å². The molecular formula is C13H17N3S. The standard InChI is InChI=1S/C13H17N3S/c1-3-14-13-8-12(4-6-15-13)16(2)9-11-5-7-17-10-11/h4-8,10H,3,9H2,1-2H3,(H,14,15). The minimum atomic E-state index is 0.894. The predicted octanol–water partition coefficient (Wildman–Crippen LogP) is 3.21.